The van der Waals surface area contributed by atoms with Crippen LogP contribution in [0.1, 0.15) is 5.56 Å². The Bertz CT molecular complexity index is 413. The van der Waals surface area contributed by atoms with Gasteiger partial charge in [-0.1, -0.05) is 41.9 Å². The number of rotatable bonds is 3. The molecule has 0 unspecified atom stereocenters. The van der Waals surface area contributed by atoms with Crippen LogP contribution in [0.25, 0.3) is 0 Å². The van der Waals surface area contributed by atoms with Crippen molar-refractivity contribution in [3.8, 4) is 5.88 Å². The number of ether oxygens (including phenoxy) is 1. The number of aromatic nitrogens is 1. The molecule has 1 radical (unpaired) electrons. The molecule has 1 aromatic carbocycles. The molecular weight excluding hydrogens is 210 g/mol. The molecule has 15 heavy (non-hydrogen) atoms. The molecule has 2 nitrogen and oxygen atoms in total. The average molecular weight is 219 g/mol. The normalized spacial score (nSPS) is 9.93. The minimum absolute atomic E-state index is 0.461. The van der Waals surface area contributed by atoms with Gasteiger partial charge in [-0.25, -0.2) is 4.98 Å². The predicted octanol–water partition coefficient (Wildman–Crippen LogP) is 3.11. The highest BCUT2D eigenvalue weighted by Crippen LogP contribution is 2.12. The fourth-order valence-electron chi connectivity index (χ4n) is 1.13. The van der Waals surface area contributed by atoms with Crippen LogP contribution in [0.4, 0.5) is 0 Å². The predicted molar refractivity (Wildman–Crippen MR) is 58.9 cm³/mol. The second-order valence-corrected chi connectivity index (χ2v) is 3.45. The maximum Gasteiger partial charge on any atom is 0.221 e. The van der Waals surface area contributed by atoms with Gasteiger partial charge in [-0.2, -0.15) is 0 Å². The Morgan fingerprint density at radius 3 is 2.73 bits per heavy atom. The van der Waals surface area contributed by atoms with Crippen LogP contribution in [-0.2, 0) is 6.61 Å². The monoisotopic (exact) mass is 218 g/mol. The van der Waals surface area contributed by atoms with Crippen molar-refractivity contribution in [1.82, 2.24) is 4.98 Å². The van der Waals surface area contributed by atoms with Gasteiger partial charge in [0, 0.05) is 6.20 Å². The van der Waals surface area contributed by atoms with Crippen LogP contribution in [0.3, 0.4) is 0 Å². The van der Waals surface area contributed by atoms with Gasteiger partial charge in [-0.15, -0.1) is 0 Å². The maximum absolute atomic E-state index is 5.68. The van der Waals surface area contributed by atoms with E-state index in [0.717, 1.165) is 5.56 Å². The smallest absolute Gasteiger partial charge is 0.221 e. The van der Waals surface area contributed by atoms with Crippen molar-refractivity contribution in [2.45, 2.75) is 6.61 Å². The summed E-state index contributed by atoms with van der Waals surface area (Å²) in [5.41, 5.74) is 1.10. The molecule has 2 aromatic rings. The van der Waals surface area contributed by atoms with Gasteiger partial charge in [0.15, 0.2) is 0 Å². The highest BCUT2D eigenvalue weighted by molar-refractivity contribution is 6.30. The lowest BCUT2D eigenvalue weighted by atomic mass is 10.2. The highest BCUT2D eigenvalue weighted by atomic mass is 35.5. The first-order chi connectivity index (χ1) is 7.34. The van der Waals surface area contributed by atoms with Crippen LogP contribution in [0.5, 0.6) is 5.88 Å². The van der Waals surface area contributed by atoms with E-state index in [1.54, 1.807) is 12.3 Å². The Kier molecular flexibility index (Phi) is 3.20. The summed E-state index contributed by atoms with van der Waals surface area (Å²) in [6, 6.07) is 14.4. The van der Waals surface area contributed by atoms with Crippen molar-refractivity contribution in [3.63, 3.8) is 0 Å². The summed E-state index contributed by atoms with van der Waals surface area (Å²) >= 11 is 5.68. The third kappa shape index (κ3) is 2.96. The summed E-state index contributed by atoms with van der Waals surface area (Å²) in [6.45, 7) is 0.492. The molecule has 0 saturated carbocycles. The molecule has 0 aliphatic heterocycles. The molecule has 0 saturated heterocycles. The Morgan fingerprint density at radius 1 is 1.27 bits per heavy atom. The molecule has 0 atom stereocenters. The summed E-state index contributed by atoms with van der Waals surface area (Å²) in [7, 11) is 0. The average Bonchev–Trinajstić information content (AvgIpc) is 2.30. The number of pyridine rings is 1. The van der Waals surface area contributed by atoms with Gasteiger partial charge < -0.3 is 4.74 Å². The molecule has 0 amide bonds. The van der Waals surface area contributed by atoms with Crippen molar-refractivity contribution >= 4 is 11.6 Å². The Hall–Kier alpha value is -1.54. The van der Waals surface area contributed by atoms with Gasteiger partial charge in [-0.3, -0.25) is 0 Å². The zero-order valence-electron chi connectivity index (χ0n) is 7.98. The van der Waals surface area contributed by atoms with Crippen LogP contribution in [0, 0.1) is 6.07 Å². The number of nitrogens with zero attached hydrogens (tertiary/aromatic N) is 1. The summed E-state index contributed by atoms with van der Waals surface area (Å²) in [5.74, 6) is 0.461. The molecule has 2 rings (SSSR count). The van der Waals surface area contributed by atoms with E-state index in [9.17, 15) is 0 Å². The summed E-state index contributed by atoms with van der Waals surface area (Å²) in [6.07, 6.45) is 1.54. The Morgan fingerprint density at radius 2 is 2.07 bits per heavy atom. The largest absolute Gasteiger partial charge is 0.472 e. The zero-order valence-corrected chi connectivity index (χ0v) is 8.74. The lowest BCUT2D eigenvalue weighted by Gasteiger charge is -2.04. The van der Waals surface area contributed by atoms with Gasteiger partial charge in [0.25, 0.3) is 0 Å². The molecule has 0 fully saturated rings. The molecule has 0 N–H and O–H groups in total. The zero-order chi connectivity index (χ0) is 10.5. The van der Waals surface area contributed by atoms with Crippen molar-refractivity contribution < 1.29 is 4.74 Å². The Labute approximate surface area is 93.5 Å². The molecule has 1 aromatic heterocycles. The first-order valence-electron chi connectivity index (χ1n) is 4.54. The van der Waals surface area contributed by atoms with Crippen LogP contribution in [0.2, 0.25) is 5.02 Å². The fraction of sp³-hybridized carbons (Fsp3) is 0.0833. The number of hydrogen-bond acceptors (Lipinski definition) is 2. The molecule has 0 aliphatic carbocycles. The van der Waals surface area contributed by atoms with Crippen molar-refractivity contribution in [1.29, 1.82) is 0 Å². The number of halogens is 1. The topological polar surface area (TPSA) is 22.1 Å². The van der Waals surface area contributed by atoms with E-state index in [0.29, 0.717) is 17.5 Å². The molecule has 0 spiro atoms. The number of hydrogen-bond donors (Lipinski definition) is 0. The first-order valence-corrected chi connectivity index (χ1v) is 4.92. The standard InChI is InChI=1S/C12H9ClNO/c13-11-6-7-12(14-8-11)15-9-10-4-2-1-3-5-10/h1-6,8H,9H2. The van der Waals surface area contributed by atoms with E-state index < -0.39 is 0 Å². The van der Waals surface area contributed by atoms with E-state index in [2.05, 4.69) is 11.1 Å². The van der Waals surface area contributed by atoms with Crippen LogP contribution in [0.15, 0.2) is 42.6 Å². The van der Waals surface area contributed by atoms with Gasteiger partial charge >= 0.3 is 0 Å². The molecule has 0 bridgehead atoms. The maximum atomic E-state index is 5.68. The van der Waals surface area contributed by atoms with E-state index in [4.69, 9.17) is 16.3 Å². The summed E-state index contributed by atoms with van der Waals surface area (Å²) in [4.78, 5) is 3.98. The van der Waals surface area contributed by atoms with E-state index in [-0.39, 0.29) is 0 Å². The van der Waals surface area contributed by atoms with Crippen molar-refractivity contribution in [3.05, 3.63) is 59.2 Å². The van der Waals surface area contributed by atoms with Gasteiger partial charge in [0.2, 0.25) is 5.88 Å². The molecule has 3 heteroatoms. The summed E-state index contributed by atoms with van der Waals surface area (Å²) < 4.78 is 5.42. The third-order valence-corrected chi connectivity index (χ3v) is 2.06. The van der Waals surface area contributed by atoms with E-state index >= 15 is 0 Å². The van der Waals surface area contributed by atoms with Gasteiger partial charge in [0.1, 0.15) is 6.61 Å². The third-order valence-electron chi connectivity index (χ3n) is 1.86. The SMILES string of the molecule is Clc1c[c]c(OCc2ccccc2)nc1. The minimum atomic E-state index is 0.461. The lowest BCUT2D eigenvalue weighted by molar-refractivity contribution is 0.293. The second kappa shape index (κ2) is 4.80. The van der Waals surface area contributed by atoms with E-state index in [1.165, 1.54) is 0 Å². The Balaban J connectivity index is 1.96. The van der Waals surface area contributed by atoms with Gasteiger partial charge in [-0.05, 0) is 11.6 Å². The van der Waals surface area contributed by atoms with Crippen molar-refractivity contribution in [2.24, 2.45) is 0 Å². The molecule has 1 heterocycles. The quantitative estimate of drug-likeness (QED) is 0.790. The number of benzene rings is 1. The van der Waals surface area contributed by atoms with E-state index in [1.807, 2.05) is 30.3 Å². The lowest BCUT2D eigenvalue weighted by Crippen LogP contribution is -1.96. The second-order valence-electron chi connectivity index (χ2n) is 3.01. The first kappa shape index (κ1) is 9.99. The molecule has 75 valence electrons. The highest BCUT2D eigenvalue weighted by Gasteiger charge is 1.96. The van der Waals surface area contributed by atoms with Gasteiger partial charge in [0.05, 0.1) is 11.1 Å². The van der Waals surface area contributed by atoms with Crippen LogP contribution >= 0.6 is 11.6 Å². The summed E-state index contributed by atoms with van der Waals surface area (Å²) in [5, 5.41) is 0.557. The van der Waals surface area contributed by atoms with Crippen molar-refractivity contribution in [2.75, 3.05) is 0 Å². The van der Waals surface area contributed by atoms with Crippen LogP contribution in [-0.4, -0.2) is 4.98 Å². The minimum Gasteiger partial charge on any atom is -0.472 e. The molecule has 0 aliphatic rings. The fourth-order valence-corrected chi connectivity index (χ4v) is 1.23. The molecular formula is C12H9ClNO. The van der Waals surface area contributed by atoms with Crippen LogP contribution < -0.4 is 4.74 Å².